The lowest BCUT2D eigenvalue weighted by atomic mass is 9.97. The highest BCUT2D eigenvalue weighted by Crippen LogP contribution is 2.30. The van der Waals surface area contributed by atoms with Crippen LogP contribution < -0.4 is 0 Å². The van der Waals surface area contributed by atoms with Crippen molar-refractivity contribution in [3.63, 3.8) is 0 Å². The quantitative estimate of drug-likeness (QED) is 0.311. The molecule has 3 aromatic rings. The molecule has 0 unspecified atom stereocenters. The summed E-state index contributed by atoms with van der Waals surface area (Å²) in [6.07, 6.45) is -1.29. The summed E-state index contributed by atoms with van der Waals surface area (Å²) in [6, 6.07) is 14.4. The fourth-order valence-corrected chi connectivity index (χ4v) is 4.36. The van der Waals surface area contributed by atoms with Crippen LogP contribution >= 0.6 is 0 Å². The van der Waals surface area contributed by atoms with Gasteiger partial charge in [0.15, 0.2) is 6.29 Å². The Kier molecular flexibility index (Phi) is 8.42. The van der Waals surface area contributed by atoms with Gasteiger partial charge < -0.3 is 14.2 Å². The van der Waals surface area contributed by atoms with E-state index in [1.54, 1.807) is 19.2 Å². The van der Waals surface area contributed by atoms with Gasteiger partial charge >= 0.3 is 6.18 Å². The minimum atomic E-state index is -4.36. The average molecular weight is 491 g/mol. The molecule has 1 saturated heterocycles. The number of fused-ring (bicyclic) bond motifs is 1. The SMILES string of the molecule is COCCC1COC(CCc2ccc3c(F)c(CCc4ccc(C(F)(F)F)cc4)ccc3c2)OC1. The predicted octanol–water partition coefficient (Wildman–Crippen LogP) is 6.74. The number of hydrogen-bond donors (Lipinski definition) is 0. The Balaban J connectivity index is 1.33. The van der Waals surface area contributed by atoms with Crippen molar-refractivity contribution in [1.82, 2.24) is 0 Å². The number of aryl methyl sites for hydroxylation is 3. The summed E-state index contributed by atoms with van der Waals surface area (Å²) in [5, 5.41) is 1.37. The van der Waals surface area contributed by atoms with Crippen molar-refractivity contribution in [2.75, 3.05) is 26.9 Å². The molecule has 188 valence electrons. The number of methoxy groups -OCH3 is 1. The van der Waals surface area contributed by atoms with Crippen LogP contribution in [0.2, 0.25) is 0 Å². The highest BCUT2D eigenvalue weighted by atomic mass is 19.4. The Morgan fingerprint density at radius 3 is 2.26 bits per heavy atom. The monoisotopic (exact) mass is 490 g/mol. The average Bonchev–Trinajstić information content (AvgIpc) is 2.86. The van der Waals surface area contributed by atoms with E-state index in [0.29, 0.717) is 49.5 Å². The molecule has 0 radical (unpaired) electrons. The van der Waals surface area contributed by atoms with Crippen LogP contribution in [0, 0.1) is 11.7 Å². The largest absolute Gasteiger partial charge is 0.416 e. The Bertz CT molecular complexity index is 1100. The van der Waals surface area contributed by atoms with E-state index in [9.17, 15) is 13.2 Å². The van der Waals surface area contributed by atoms with Gasteiger partial charge in [0.2, 0.25) is 0 Å². The minimum Gasteiger partial charge on any atom is -0.385 e. The van der Waals surface area contributed by atoms with Gasteiger partial charge in [-0.05, 0) is 59.9 Å². The first-order valence-corrected chi connectivity index (χ1v) is 11.9. The van der Waals surface area contributed by atoms with Crippen LogP contribution in [-0.4, -0.2) is 33.2 Å². The van der Waals surface area contributed by atoms with Gasteiger partial charge in [0.1, 0.15) is 5.82 Å². The molecule has 0 saturated carbocycles. The number of halogens is 4. The second-order valence-electron chi connectivity index (χ2n) is 9.07. The molecule has 35 heavy (non-hydrogen) atoms. The molecule has 0 bridgehead atoms. The van der Waals surface area contributed by atoms with Gasteiger partial charge in [-0.3, -0.25) is 0 Å². The van der Waals surface area contributed by atoms with Crippen molar-refractivity contribution in [1.29, 1.82) is 0 Å². The number of rotatable bonds is 9. The molecule has 0 N–H and O–H groups in total. The Morgan fingerprint density at radius 1 is 0.857 bits per heavy atom. The zero-order chi connectivity index (χ0) is 24.8. The van der Waals surface area contributed by atoms with Crippen molar-refractivity contribution in [3.05, 3.63) is 82.7 Å². The Hall–Kier alpha value is -2.48. The summed E-state index contributed by atoms with van der Waals surface area (Å²) in [6.45, 7) is 2.05. The summed E-state index contributed by atoms with van der Waals surface area (Å²) in [7, 11) is 1.69. The fraction of sp³-hybridized carbons (Fsp3) is 0.429. The first-order valence-electron chi connectivity index (χ1n) is 11.9. The van der Waals surface area contributed by atoms with E-state index in [1.807, 2.05) is 18.2 Å². The van der Waals surface area contributed by atoms with Gasteiger partial charge in [0, 0.05) is 31.4 Å². The molecule has 0 spiro atoms. The molecule has 1 aliphatic heterocycles. The number of hydrogen-bond acceptors (Lipinski definition) is 3. The topological polar surface area (TPSA) is 27.7 Å². The van der Waals surface area contributed by atoms with Crippen LogP contribution in [0.15, 0.2) is 54.6 Å². The third kappa shape index (κ3) is 6.81. The van der Waals surface area contributed by atoms with Crippen LogP contribution in [0.1, 0.15) is 35.1 Å². The number of benzene rings is 3. The molecule has 0 aromatic heterocycles. The third-order valence-corrected chi connectivity index (χ3v) is 6.50. The van der Waals surface area contributed by atoms with E-state index in [2.05, 4.69) is 0 Å². The van der Waals surface area contributed by atoms with E-state index in [1.165, 1.54) is 12.1 Å². The highest BCUT2D eigenvalue weighted by Gasteiger charge is 2.29. The molecule has 4 rings (SSSR count). The lowest BCUT2D eigenvalue weighted by molar-refractivity contribution is -0.204. The predicted molar refractivity (Wildman–Crippen MR) is 127 cm³/mol. The van der Waals surface area contributed by atoms with E-state index in [0.717, 1.165) is 47.9 Å². The van der Waals surface area contributed by atoms with E-state index in [-0.39, 0.29) is 12.1 Å². The molecular formula is C28H30F4O3. The normalized spacial score (nSPS) is 18.8. The zero-order valence-corrected chi connectivity index (χ0v) is 19.7. The maximum Gasteiger partial charge on any atom is 0.416 e. The highest BCUT2D eigenvalue weighted by molar-refractivity contribution is 5.84. The zero-order valence-electron chi connectivity index (χ0n) is 19.7. The summed E-state index contributed by atoms with van der Waals surface area (Å²) in [4.78, 5) is 0. The smallest absolute Gasteiger partial charge is 0.385 e. The standard InChI is InChI=1S/C28H30F4O3/c1-33-15-14-21-17-34-26(35-18-21)13-6-20-5-12-25-23(16-20)9-8-22(27(25)29)7-2-19-3-10-24(11-4-19)28(30,31)32/h3-5,8-12,16,21,26H,2,6-7,13-15,17-18H2,1H3. The summed E-state index contributed by atoms with van der Waals surface area (Å²) >= 11 is 0. The maximum absolute atomic E-state index is 15.1. The van der Waals surface area contributed by atoms with Crippen LogP contribution in [-0.2, 0) is 39.6 Å². The summed E-state index contributed by atoms with van der Waals surface area (Å²) in [5.41, 5.74) is 1.70. The molecule has 1 aliphatic rings. The van der Waals surface area contributed by atoms with Crippen LogP contribution in [0.4, 0.5) is 17.6 Å². The first-order chi connectivity index (χ1) is 16.8. The second kappa shape index (κ2) is 11.5. The van der Waals surface area contributed by atoms with Crippen LogP contribution in [0.3, 0.4) is 0 Å². The first kappa shape index (κ1) is 25.6. The van der Waals surface area contributed by atoms with E-state index in [4.69, 9.17) is 14.2 Å². The van der Waals surface area contributed by atoms with Crippen molar-refractivity contribution in [3.8, 4) is 0 Å². The third-order valence-electron chi connectivity index (χ3n) is 6.50. The van der Waals surface area contributed by atoms with Gasteiger partial charge in [-0.25, -0.2) is 4.39 Å². The van der Waals surface area contributed by atoms with Crippen LogP contribution in [0.25, 0.3) is 10.8 Å². The second-order valence-corrected chi connectivity index (χ2v) is 9.07. The molecule has 3 nitrogen and oxygen atoms in total. The van der Waals surface area contributed by atoms with Gasteiger partial charge in [0.05, 0.1) is 18.8 Å². The molecule has 1 fully saturated rings. The Morgan fingerprint density at radius 2 is 1.57 bits per heavy atom. The maximum atomic E-state index is 15.1. The lowest BCUT2D eigenvalue weighted by Crippen LogP contribution is -2.32. The van der Waals surface area contributed by atoms with Crippen molar-refractivity contribution < 1.29 is 31.8 Å². The molecule has 0 atom stereocenters. The van der Waals surface area contributed by atoms with Crippen molar-refractivity contribution in [2.24, 2.45) is 5.92 Å². The minimum absolute atomic E-state index is 0.228. The van der Waals surface area contributed by atoms with Crippen molar-refractivity contribution >= 4 is 10.8 Å². The van der Waals surface area contributed by atoms with Crippen molar-refractivity contribution in [2.45, 2.75) is 44.6 Å². The molecule has 3 aromatic carbocycles. The molecule has 1 heterocycles. The molecule has 7 heteroatoms. The van der Waals surface area contributed by atoms with Gasteiger partial charge in [0.25, 0.3) is 0 Å². The van der Waals surface area contributed by atoms with E-state index >= 15 is 4.39 Å². The number of ether oxygens (including phenoxy) is 3. The molecule has 0 amide bonds. The number of alkyl halides is 3. The lowest BCUT2D eigenvalue weighted by Gasteiger charge is -2.29. The molecule has 0 aliphatic carbocycles. The van der Waals surface area contributed by atoms with Gasteiger partial charge in [-0.2, -0.15) is 13.2 Å². The van der Waals surface area contributed by atoms with Gasteiger partial charge in [-0.15, -0.1) is 0 Å². The van der Waals surface area contributed by atoms with Gasteiger partial charge in [-0.1, -0.05) is 42.5 Å². The van der Waals surface area contributed by atoms with E-state index < -0.39 is 11.7 Å². The summed E-state index contributed by atoms with van der Waals surface area (Å²) in [5.74, 6) is 0.0882. The fourth-order valence-electron chi connectivity index (χ4n) is 4.36. The summed E-state index contributed by atoms with van der Waals surface area (Å²) < 4.78 is 70.1. The molecular weight excluding hydrogens is 460 g/mol. The Labute approximate surface area is 203 Å². The van der Waals surface area contributed by atoms with Crippen LogP contribution in [0.5, 0.6) is 0 Å².